The molecule has 3 nitrogen and oxygen atoms in total. The van der Waals surface area contributed by atoms with Gasteiger partial charge in [0.15, 0.2) is 0 Å². The Morgan fingerprint density at radius 1 is 1.19 bits per heavy atom. The van der Waals surface area contributed by atoms with Crippen molar-refractivity contribution < 1.29 is 9.53 Å². The third kappa shape index (κ3) is 2.09. The van der Waals surface area contributed by atoms with Crippen molar-refractivity contribution >= 4 is 5.91 Å². The molecule has 0 bridgehead atoms. The van der Waals surface area contributed by atoms with Gasteiger partial charge in [0.1, 0.15) is 0 Å². The van der Waals surface area contributed by atoms with Gasteiger partial charge in [0, 0.05) is 5.56 Å². The van der Waals surface area contributed by atoms with Crippen LogP contribution in [-0.2, 0) is 4.74 Å². The van der Waals surface area contributed by atoms with Gasteiger partial charge in [-0.3, -0.25) is 4.79 Å². The van der Waals surface area contributed by atoms with Crippen LogP contribution in [0.4, 0.5) is 0 Å². The van der Waals surface area contributed by atoms with Crippen LogP contribution in [0.15, 0.2) is 30.3 Å². The number of hydrogen-bond donors (Lipinski definition) is 0. The van der Waals surface area contributed by atoms with Crippen molar-refractivity contribution in [3.63, 3.8) is 0 Å². The highest BCUT2D eigenvalue weighted by Gasteiger charge is 2.29. The van der Waals surface area contributed by atoms with E-state index in [1.54, 1.807) is 0 Å². The van der Waals surface area contributed by atoms with E-state index in [9.17, 15) is 4.79 Å². The van der Waals surface area contributed by atoms with Gasteiger partial charge in [0.2, 0.25) is 0 Å². The second kappa shape index (κ2) is 4.66. The summed E-state index contributed by atoms with van der Waals surface area (Å²) in [5.41, 5.74) is 0.753. The summed E-state index contributed by atoms with van der Waals surface area (Å²) in [5.74, 6) is 0.101. The Morgan fingerprint density at radius 2 is 1.75 bits per heavy atom. The SMILES string of the molecule is C[C@H]1COC[C@H](C)N1C(=O)c1ccccc1. The maximum absolute atomic E-state index is 12.3. The number of benzene rings is 1. The molecule has 0 unspecified atom stereocenters. The maximum atomic E-state index is 12.3. The van der Waals surface area contributed by atoms with E-state index in [1.165, 1.54) is 0 Å². The topological polar surface area (TPSA) is 29.5 Å². The molecule has 3 heteroatoms. The molecule has 2 rings (SSSR count). The summed E-state index contributed by atoms with van der Waals surface area (Å²) in [6.07, 6.45) is 0. The summed E-state index contributed by atoms with van der Waals surface area (Å²) < 4.78 is 5.42. The third-order valence-corrected chi connectivity index (χ3v) is 2.92. The minimum absolute atomic E-state index is 0.101. The van der Waals surface area contributed by atoms with Gasteiger partial charge in [-0.1, -0.05) is 18.2 Å². The van der Waals surface area contributed by atoms with Gasteiger partial charge >= 0.3 is 0 Å². The number of carbonyl (C=O) groups excluding carboxylic acids is 1. The van der Waals surface area contributed by atoms with Gasteiger partial charge in [0.25, 0.3) is 5.91 Å². The Balaban J connectivity index is 2.20. The zero-order valence-corrected chi connectivity index (χ0v) is 9.72. The van der Waals surface area contributed by atoms with Crippen molar-refractivity contribution in [3.8, 4) is 0 Å². The van der Waals surface area contributed by atoms with Crippen LogP contribution in [0.2, 0.25) is 0 Å². The molecule has 1 aromatic rings. The van der Waals surface area contributed by atoms with Crippen LogP contribution in [-0.4, -0.2) is 36.1 Å². The summed E-state index contributed by atoms with van der Waals surface area (Å²) >= 11 is 0. The molecule has 0 aliphatic carbocycles. The minimum Gasteiger partial charge on any atom is -0.377 e. The number of hydrogen-bond acceptors (Lipinski definition) is 2. The monoisotopic (exact) mass is 219 g/mol. The zero-order valence-electron chi connectivity index (χ0n) is 9.72. The highest BCUT2D eigenvalue weighted by atomic mass is 16.5. The van der Waals surface area contributed by atoms with E-state index < -0.39 is 0 Å². The summed E-state index contributed by atoms with van der Waals surface area (Å²) in [5, 5.41) is 0. The summed E-state index contributed by atoms with van der Waals surface area (Å²) in [4.78, 5) is 14.2. The Bertz CT molecular complexity index is 353. The molecule has 1 heterocycles. The second-order valence-corrected chi connectivity index (χ2v) is 4.31. The lowest BCUT2D eigenvalue weighted by Gasteiger charge is -2.38. The number of carbonyl (C=O) groups is 1. The number of ether oxygens (including phenoxy) is 1. The highest BCUT2D eigenvalue weighted by molar-refractivity contribution is 5.94. The predicted molar refractivity (Wildman–Crippen MR) is 62.4 cm³/mol. The molecular weight excluding hydrogens is 202 g/mol. The van der Waals surface area contributed by atoms with Gasteiger partial charge in [0.05, 0.1) is 25.3 Å². The first-order valence-corrected chi connectivity index (χ1v) is 5.65. The van der Waals surface area contributed by atoms with Crippen molar-refractivity contribution in [2.24, 2.45) is 0 Å². The van der Waals surface area contributed by atoms with E-state index in [0.717, 1.165) is 5.56 Å². The molecule has 0 aromatic heterocycles. The Kier molecular flexibility index (Phi) is 3.25. The number of rotatable bonds is 1. The van der Waals surface area contributed by atoms with Crippen LogP contribution in [0.5, 0.6) is 0 Å². The van der Waals surface area contributed by atoms with E-state index >= 15 is 0 Å². The average Bonchev–Trinajstić information content (AvgIpc) is 2.30. The van der Waals surface area contributed by atoms with E-state index in [0.29, 0.717) is 13.2 Å². The predicted octanol–water partition coefficient (Wildman–Crippen LogP) is 1.94. The highest BCUT2D eigenvalue weighted by Crippen LogP contribution is 2.16. The largest absolute Gasteiger partial charge is 0.377 e. The summed E-state index contributed by atoms with van der Waals surface area (Å²) in [7, 11) is 0. The lowest BCUT2D eigenvalue weighted by Crippen LogP contribution is -2.52. The molecule has 1 fully saturated rings. The van der Waals surface area contributed by atoms with E-state index in [-0.39, 0.29) is 18.0 Å². The van der Waals surface area contributed by atoms with Crippen LogP contribution < -0.4 is 0 Å². The zero-order chi connectivity index (χ0) is 11.5. The summed E-state index contributed by atoms with van der Waals surface area (Å²) in [6.45, 7) is 5.30. The Labute approximate surface area is 96.0 Å². The molecule has 0 saturated carbocycles. The minimum atomic E-state index is 0.101. The molecule has 1 aliphatic rings. The van der Waals surface area contributed by atoms with Crippen LogP contribution in [0.3, 0.4) is 0 Å². The quantitative estimate of drug-likeness (QED) is 0.722. The Morgan fingerprint density at radius 3 is 2.31 bits per heavy atom. The maximum Gasteiger partial charge on any atom is 0.254 e. The number of nitrogens with zero attached hydrogens (tertiary/aromatic N) is 1. The standard InChI is InChI=1S/C13H17NO2/c1-10-8-16-9-11(2)14(10)13(15)12-6-4-3-5-7-12/h3-7,10-11H,8-9H2,1-2H3/t10-,11-/m0/s1. The van der Waals surface area contributed by atoms with E-state index in [4.69, 9.17) is 4.74 Å². The van der Waals surface area contributed by atoms with Crippen molar-refractivity contribution in [1.82, 2.24) is 4.90 Å². The molecule has 86 valence electrons. The molecule has 2 atom stereocenters. The van der Waals surface area contributed by atoms with Gasteiger partial charge in [-0.15, -0.1) is 0 Å². The molecule has 1 amide bonds. The van der Waals surface area contributed by atoms with E-state index in [1.807, 2.05) is 49.1 Å². The molecule has 1 aromatic carbocycles. The first kappa shape index (κ1) is 11.1. The van der Waals surface area contributed by atoms with Gasteiger partial charge in [-0.25, -0.2) is 0 Å². The lowest BCUT2D eigenvalue weighted by molar-refractivity contribution is -0.0249. The Hall–Kier alpha value is -1.35. The number of amides is 1. The van der Waals surface area contributed by atoms with Crippen molar-refractivity contribution in [2.45, 2.75) is 25.9 Å². The molecule has 0 N–H and O–H groups in total. The van der Waals surface area contributed by atoms with Crippen LogP contribution in [0.1, 0.15) is 24.2 Å². The van der Waals surface area contributed by atoms with Crippen LogP contribution >= 0.6 is 0 Å². The number of morpholine rings is 1. The molecule has 0 spiro atoms. The van der Waals surface area contributed by atoms with Crippen molar-refractivity contribution in [2.75, 3.05) is 13.2 Å². The summed E-state index contributed by atoms with van der Waals surface area (Å²) in [6, 6.07) is 9.72. The molecular formula is C13H17NO2. The van der Waals surface area contributed by atoms with Gasteiger partial charge in [-0.05, 0) is 26.0 Å². The molecule has 0 radical (unpaired) electrons. The first-order chi connectivity index (χ1) is 7.70. The van der Waals surface area contributed by atoms with Crippen LogP contribution in [0.25, 0.3) is 0 Å². The third-order valence-electron chi connectivity index (χ3n) is 2.92. The van der Waals surface area contributed by atoms with E-state index in [2.05, 4.69) is 0 Å². The first-order valence-electron chi connectivity index (χ1n) is 5.65. The average molecular weight is 219 g/mol. The van der Waals surface area contributed by atoms with Gasteiger partial charge in [-0.2, -0.15) is 0 Å². The fourth-order valence-electron chi connectivity index (χ4n) is 2.13. The normalized spacial score (nSPS) is 25.5. The fourth-order valence-corrected chi connectivity index (χ4v) is 2.13. The van der Waals surface area contributed by atoms with Crippen LogP contribution in [0, 0.1) is 0 Å². The fraction of sp³-hybridized carbons (Fsp3) is 0.462. The second-order valence-electron chi connectivity index (χ2n) is 4.31. The molecule has 1 aliphatic heterocycles. The lowest BCUT2D eigenvalue weighted by atomic mass is 10.1. The van der Waals surface area contributed by atoms with Gasteiger partial charge < -0.3 is 9.64 Å². The van der Waals surface area contributed by atoms with Crippen molar-refractivity contribution in [3.05, 3.63) is 35.9 Å². The smallest absolute Gasteiger partial charge is 0.254 e. The van der Waals surface area contributed by atoms with Crippen molar-refractivity contribution in [1.29, 1.82) is 0 Å². The molecule has 16 heavy (non-hydrogen) atoms. The molecule has 1 saturated heterocycles.